The molecule has 35 heavy (non-hydrogen) atoms. The van der Waals surface area contributed by atoms with Crippen molar-refractivity contribution >= 4 is 18.2 Å². The van der Waals surface area contributed by atoms with Gasteiger partial charge in [0, 0.05) is 17.6 Å². The van der Waals surface area contributed by atoms with Crippen LogP contribution in [0.5, 0.6) is 0 Å². The van der Waals surface area contributed by atoms with Gasteiger partial charge in [0.1, 0.15) is 12.0 Å². The minimum atomic E-state index is -0.444. The largest absolute Gasteiger partial charge is 0.451 e. The number of amides is 3. The lowest BCUT2D eigenvalue weighted by molar-refractivity contribution is -0.107. The van der Waals surface area contributed by atoms with E-state index in [2.05, 4.69) is 21.3 Å². The third kappa shape index (κ3) is 13.4. The summed E-state index contributed by atoms with van der Waals surface area (Å²) >= 11 is 0. The van der Waals surface area contributed by atoms with Crippen molar-refractivity contribution in [2.45, 2.75) is 71.4 Å². The molecule has 4 N–H and O–H groups in total. The summed E-state index contributed by atoms with van der Waals surface area (Å²) in [5.41, 5.74) is 1.38. The average Bonchev–Trinajstić information content (AvgIpc) is 3.33. The number of carbonyl (C=O) groups is 3. The van der Waals surface area contributed by atoms with Gasteiger partial charge in [-0.3, -0.25) is 4.79 Å². The van der Waals surface area contributed by atoms with Crippen molar-refractivity contribution in [3.05, 3.63) is 47.7 Å². The Kier molecular flexibility index (Phi) is 14.1. The molecule has 3 amide bonds. The third-order valence-corrected chi connectivity index (χ3v) is 4.83. The van der Waals surface area contributed by atoms with Crippen LogP contribution >= 0.6 is 0 Å². The first-order valence-corrected chi connectivity index (χ1v) is 12.3. The van der Waals surface area contributed by atoms with E-state index in [0.29, 0.717) is 18.6 Å². The zero-order valence-electron chi connectivity index (χ0n) is 21.8. The lowest BCUT2D eigenvalue weighted by atomic mass is 10.0. The molecule has 0 saturated heterocycles. The Morgan fingerprint density at radius 2 is 1.54 bits per heavy atom. The Morgan fingerprint density at radius 3 is 2.09 bits per heavy atom. The lowest BCUT2D eigenvalue weighted by Crippen LogP contribution is -2.46. The predicted molar refractivity (Wildman–Crippen MR) is 140 cm³/mol. The van der Waals surface area contributed by atoms with Crippen molar-refractivity contribution in [1.82, 2.24) is 21.3 Å². The molecule has 8 heteroatoms. The summed E-state index contributed by atoms with van der Waals surface area (Å²) in [7, 11) is 3.75. The molecule has 1 aliphatic carbocycles. The zero-order chi connectivity index (χ0) is 26.1. The normalized spacial score (nSPS) is 12.7. The molecule has 0 unspecified atom stereocenters. The molecule has 1 saturated carbocycles. The Labute approximate surface area is 209 Å². The highest BCUT2D eigenvalue weighted by Crippen LogP contribution is 2.23. The minimum Gasteiger partial charge on any atom is -0.451 e. The van der Waals surface area contributed by atoms with Crippen molar-refractivity contribution < 1.29 is 18.8 Å². The van der Waals surface area contributed by atoms with E-state index in [1.807, 2.05) is 59.1 Å². The van der Waals surface area contributed by atoms with E-state index < -0.39 is 5.91 Å². The number of nitrogens with one attached hydrogen (secondary N) is 4. The fourth-order valence-electron chi connectivity index (χ4n) is 3.30. The molecule has 0 spiro atoms. The Morgan fingerprint density at radius 1 is 0.943 bits per heavy atom. The molecule has 8 nitrogen and oxygen atoms in total. The molecular formula is C27H42N4O4. The van der Waals surface area contributed by atoms with E-state index in [1.54, 1.807) is 12.1 Å². The van der Waals surface area contributed by atoms with Crippen molar-refractivity contribution in [3.8, 4) is 11.3 Å². The first-order valence-electron chi connectivity index (χ1n) is 12.3. The highest BCUT2D eigenvalue weighted by molar-refractivity contribution is 5.93. The fourth-order valence-corrected chi connectivity index (χ4v) is 3.30. The summed E-state index contributed by atoms with van der Waals surface area (Å²) in [4.78, 5) is 33.9. The highest BCUT2D eigenvalue weighted by Gasteiger charge is 2.14. The van der Waals surface area contributed by atoms with Gasteiger partial charge in [0.25, 0.3) is 5.91 Å². The number of carbonyl (C=O) groups excluding carboxylic acids is 3. The monoisotopic (exact) mass is 486 g/mol. The van der Waals surface area contributed by atoms with E-state index >= 15 is 0 Å². The molecule has 1 aromatic carbocycles. The van der Waals surface area contributed by atoms with E-state index in [1.165, 1.54) is 38.5 Å². The van der Waals surface area contributed by atoms with Gasteiger partial charge in [0.2, 0.25) is 0 Å². The number of hydrogen-bond donors (Lipinski definition) is 4. The van der Waals surface area contributed by atoms with Gasteiger partial charge in [-0.2, -0.15) is 0 Å². The van der Waals surface area contributed by atoms with Gasteiger partial charge in [-0.15, -0.1) is 0 Å². The van der Waals surface area contributed by atoms with E-state index in [9.17, 15) is 14.4 Å². The van der Waals surface area contributed by atoms with Crippen LogP contribution < -0.4 is 21.3 Å². The van der Waals surface area contributed by atoms with Crippen LogP contribution in [0.3, 0.4) is 0 Å². The number of rotatable bonds is 6. The molecule has 3 rings (SSSR count). The second-order valence-corrected chi connectivity index (χ2v) is 9.42. The van der Waals surface area contributed by atoms with Gasteiger partial charge in [0.15, 0.2) is 5.76 Å². The van der Waals surface area contributed by atoms with Crippen LogP contribution in [0, 0.1) is 0 Å². The number of furan rings is 1. The quantitative estimate of drug-likeness (QED) is 0.444. The van der Waals surface area contributed by atoms with Gasteiger partial charge >= 0.3 is 6.03 Å². The molecule has 0 atom stereocenters. The molecule has 0 bridgehead atoms. The zero-order valence-corrected chi connectivity index (χ0v) is 21.8. The van der Waals surface area contributed by atoms with Gasteiger partial charge in [-0.1, -0.05) is 56.7 Å². The molecule has 194 valence electrons. The van der Waals surface area contributed by atoms with E-state index in [0.717, 1.165) is 11.1 Å². The number of urea groups is 1. The van der Waals surface area contributed by atoms with Gasteiger partial charge in [-0.25, -0.2) is 4.79 Å². The predicted octanol–water partition coefficient (Wildman–Crippen LogP) is 4.65. The maximum atomic E-state index is 11.8. The minimum absolute atomic E-state index is 0.0628. The fraction of sp³-hybridized carbons (Fsp3) is 0.519. The number of aldehydes is 1. The summed E-state index contributed by atoms with van der Waals surface area (Å²) in [5.74, 6) is 0.220. The summed E-state index contributed by atoms with van der Waals surface area (Å²) in [6, 6.07) is 10.5. The SMILES string of the molecule is C1CCCCC1.CC(C)(C)NC(=O)NCc1cccc(-c2ccc(C(=O)NCC=O)o2)c1.CNC. The van der Waals surface area contributed by atoms with E-state index in [4.69, 9.17) is 4.42 Å². The standard InChI is InChI=1S/C19H23N3O4.C6H12.C2H7N/c1-19(2,3)22-18(25)21-12-13-5-4-6-14(11-13)15-7-8-16(26-15)17(24)20-9-10-23;1-2-4-6-5-3-1;1-3-2/h4-8,10-11H,9,12H2,1-3H3,(H,20,24)(H2,21,22,25);1-6H2;3H,1-2H3. The summed E-state index contributed by atoms with van der Waals surface area (Å²) in [6.45, 7) is 6.03. The molecule has 1 fully saturated rings. The van der Waals surface area contributed by atoms with Crippen LogP contribution in [-0.4, -0.2) is 44.4 Å². The van der Waals surface area contributed by atoms with Crippen molar-refractivity contribution in [2.24, 2.45) is 0 Å². The Balaban J connectivity index is 0.000000572. The van der Waals surface area contributed by atoms with E-state index in [-0.39, 0.29) is 23.9 Å². The number of hydrogen-bond acceptors (Lipinski definition) is 5. The molecule has 1 heterocycles. The summed E-state index contributed by atoms with van der Waals surface area (Å²) in [6.07, 6.45) is 9.61. The highest BCUT2D eigenvalue weighted by atomic mass is 16.3. The van der Waals surface area contributed by atoms with Crippen molar-refractivity contribution in [2.75, 3.05) is 20.6 Å². The van der Waals surface area contributed by atoms with Crippen LogP contribution in [0.15, 0.2) is 40.8 Å². The van der Waals surface area contributed by atoms with Gasteiger partial charge in [-0.05, 0) is 58.6 Å². The third-order valence-electron chi connectivity index (χ3n) is 4.83. The smallest absolute Gasteiger partial charge is 0.315 e. The van der Waals surface area contributed by atoms with Crippen molar-refractivity contribution in [3.63, 3.8) is 0 Å². The maximum Gasteiger partial charge on any atom is 0.315 e. The second-order valence-electron chi connectivity index (χ2n) is 9.42. The van der Waals surface area contributed by atoms with Crippen LogP contribution in [0.1, 0.15) is 75.4 Å². The van der Waals surface area contributed by atoms with Crippen LogP contribution in [0.4, 0.5) is 4.79 Å². The van der Waals surface area contributed by atoms with Crippen LogP contribution in [0.25, 0.3) is 11.3 Å². The lowest BCUT2D eigenvalue weighted by Gasteiger charge is -2.20. The van der Waals surface area contributed by atoms with Crippen LogP contribution in [-0.2, 0) is 11.3 Å². The summed E-state index contributed by atoms with van der Waals surface area (Å²) < 4.78 is 5.55. The first kappa shape index (κ1) is 29.9. The second kappa shape index (κ2) is 16.5. The van der Waals surface area contributed by atoms with Gasteiger partial charge in [0.05, 0.1) is 6.54 Å². The molecule has 1 aliphatic rings. The van der Waals surface area contributed by atoms with Crippen molar-refractivity contribution in [1.29, 1.82) is 0 Å². The molecule has 0 radical (unpaired) electrons. The average molecular weight is 487 g/mol. The number of benzene rings is 1. The Bertz CT molecular complexity index is 887. The molecular weight excluding hydrogens is 444 g/mol. The molecule has 2 aromatic rings. The summed E-state index contributed by atoms with van der Waals surface area (Å²) in [5, 5.41) is 10.8. The molecule has 0 aliphatic heterocycles. The van der Waals surface area contributed by atoms with Gasteiger partial charge < -0.3 is 30.5 Å². The maximum absolute atomic E-state index is 11.8. The first-order chi connectivity index (χ1) is 16.7. The topological polar surface area (TPSA) is 112 Å². The molecule has 1 aromatic heterocycles. The van der Waals surface area contributed by atoms with Crippen LogP contribution in [0.2, 0.25) is 0 Å². The Hall–Kier alpha value is -3.13.